The zero-order valence-electron chi connectivity index (χ0n) is 10.2. The Kier molecular flexibility index (Phi) is 3.33. The van der Waals surface area contributed by atoms with Crippen LogP contribution in [-0.4, -0.2) is 32.0 Å². The number of hydrogen-bond donors (Lipinski definition) is 0. The predicted molar refractivity (Wildman–Crippen MR) is 72.3 cm³/mol. The maximum atomic E-state index is 13.4. The number of rotatable bonds is 1. The molecule has 3 rings (SSSR count). The fourth-order valence-corrected chi connectivity index (χ4v) is 8.70. The molecule has 0 saturated carbocycles. The van der Waals surface area contributed by atoms with Crippen LogP contribution >= 0.6 is 0 Å². The first-order valence-electron chi connectivity index (χ1n) is 5.70. The Bertz CT molecular complexity index is 958. The average Bonchev–Trinajstić information content (AvgIpc) is 2.70. The van der Waals surface area contributed by atoms with Crippen LogP contribution in [0, 0.1) is 0 Å². The van der Waals surface area contributed by atoms with Crippen LogP contribution in [-0.2, 0) is 14.3 Å². The summed E-state index contributed by atoms with van der Waals surface area (Å²) in [7, 11) is -4.77. The number of halogens is 3. The Balaban J connectivity index is 2.54. The van der Waals surface area contributed by atoms with Crippen molar-refractivity contribution in [3.05, 3.63) is 42.5 Å². The number of hydrogen-bond acceptors (Lipinski definition) is 3. The molecule has 0 aliphatic heterocycles. The van der Waals surface area contributed by atoms with E-state index in [4.69, 9.17) is 0 Å². The first-order valence-corrected chi connectivity index (χ1v) is 10.6. The van der Waals surface area contributed by atoms with Crippen molar-refractivity contribution in [2.45, 2.75) is 9.12 Å². The van der Waals surface area contributed by atoms with E-state index < -0.39 is 38.3 Å². The van der Waals surface area contributed by atoms with Gasteiger partial charge in [-0.05, 0) is 0 Å². The Morgan fingerprint density at radius 1 is 0.952 bits per heavy atom. The van der Waals surface area contributed by atoms with E-state index in [9.17, 15) is 26.1 Å². The van der Waals surface area contributed by atoms with E-state index in [1.807, 2.05) is 0 Å². The molecule has 0 spiro atoms. The molecule has 0 saturated heterocycles. The Morgan fingerprint density at radius 2 is 1.57 bits per heavy atom. The van der Waals surface area contributed by atoms with E-state index in [0.717, 1.165) is 12.1 Å². The van der Waals surface area contributed by atoms with Gasteiger partial charge in [0.1, 0.15) is 0 Å². The molecule has 110 valence electrons. The molecule has 0 bridgehead atoms. The minimum atomic E-state index is -4.77. The standard InChI is InChI=1S/C13H7F3O3STe/c14-13(15,16)21-11-4-2-1-3-9(11)10-6-5-8(7-12(10)21)20(17,18)19/h1-7H. The van der Waals surface area contributed by atoms with Crippen molar-refractivity contribution in [3.8, 4) is 0 Å². The summed E-state index contributed by atoms with van der Waals surface area (Å²) in [5.74, 6) is 0. The summed E-state index contributed by atoms with van der Waals surface area (Å²) in [5.41, 5.74) is 0. The molecule has 0 aliphatic rings. The quantitative estimate of drug-likeness (QED) is 0.443. The van der Waals surface area contributed by atoms with Crippen LogP contribution < -0.4 is 0 Å². The van der Waals surface area contributed by atoms with Crippen LogP contribution in [0.1, 0.15) is 0 Å². The maximum absolute atomic E-state index is 13.4. The molecule has 0 atom stereocenters. The molecule has 8 heteroatoms. The van der Waals surface area contributed by atoms with Gasteiger partial charge in [-0.2, -0.15) is 0 Å². The van der Waals surface area contributed by atoms with Crippen LogP contribution in [0.3, 0.4) is 0 Å². The molecule has 21 heavy (non-hydrogen) atoms. The zero-order chi connectivity index (χ0) is 15.4. The van der Waals surface area contributed by atoms with E-state index in [0.29, 0.717) is 10.8 Å². The van der Waals surface area contributed by atoms with Gasteiger partial charge in [0.05, 0.1) is 0 Å². The summed E-state index contributed by atoms with van der Waals surface area (Å²) in [6.45, 7) is 0. The molecular weight excluding hydrogens is 421 g/mol. The summed E-state index contributed by atoms with van der Waals surface area (Å²) < 4.78 is 69.1. The number of fused-ring (bicyclic) bond motifs is 3. The van der Waals surface area contributed by atoms with Crippen molar-refractivity contribution in [3.63, 3.8) is 0 Å². The van der Waals surface area contributed by atoms with Gasteiger partial charge in [0.2, 0.25) is 0 Å². The van der Waals surface area contributed by atoms with Gasteiger partial charge in [-0.3, -0.25) is 0 Å². The molecular formula is C13H7F3O3STe. The fourth-order valence-electron chi connectivity index (χ4n) is 2.28. The topological polar surface area (TPSA) is 57.2 Å². The van der Waals surface area contributed by atoms with Crippen molar-refractivity contribution in [2.24, 2.45) is 0 Å². The molecule has 0 amide bonds. The number of alkyl halides is 3. The van der Waals surface area contributed by atoms with Gasteiger partial charge in [0.15, 0.2) is 0 Å². The third-order valence-corrected chi connectivity index (χ3v) is 9.73. The Hall–Kier alpha value is -1.07. The van der Waals surface area contributed by atoms with Crippen LogP contribution in [0.5, 0.6) is 0 Å². The van der Waals surface area contributed by atoms with Gasteiger partial charge in [0.25, 0.3) is 0 Å². The third kappa shape index (κ3) is 2.46. The van der Waals surface area contributed by atoms with Gasteiger partial charge < -0.3 is 0 Å². The van der Waals surface area contributed by atoms with Crippen LogP contribution in [0.15, 0.2) is 47.4 Å². The summed E-state index contributed by atoms with van der Waals surface area (Å²) in [6, 6.07) is 9.47. The summed E-state index contributed by atoms with van der Waals surface area (Å²) in [6.07, 6.45) is 0. The van der Waals surface area contributed by atoms with Crippen LogP contribution in [0.2, 0.25) is 0 Å². The van der Waals surface area contributed by atoms with Crippen LogP contribution in [0.25, 0.3) is 17.6 Å². The fraction of sp³-hybridized carbons (Fsp3) is 0.0769. The van der Waals surface area contributed by atoms with Gasteiger partial charge in [-0.15, -0.1) is 0 Å². The molecule has 0 radical (unpaired) electrons. The van der Waals surface area contributed by atoms with E-state index in [-0.39, 0.29) is 6.80 Å². The second-order valence-electron chi connectivity index (χ2n) is 4.36. The normalized spacial score (nSPS) is 13.1. The molecule has 3 nitrogen and oxygen atoms in total. The Morgan fingerprint density at radius 3 is 2.19 bits per heavy atom. The Labute approximate surface area is 124 Å². The van der Waals surface area contributed by atoms with Crippen molar-refractivity contribution >= 4 is 46.8 Å². The SMILES string of the molecule is O=S(=O)([O-])c1ccc2c3ccccc3[te+](C(F)(F)F)c2c1. The van der Waals surface area contributed by atoms with Gasteiger partial charge in [0, 0.05) is 0 Å². The van der Waals surface area contributed by atoms with E-state index in [1.165, 1.54) is 18.2 Å². The van der Waals surface area contributed by atoms with Crippen molar-refractivity contribution in [1.82, 2.24) is 0 Å². The van der Waals surface area contributed by atoms with E-state index >= 15 is 0 Å². The molecule has 1 heterocycles. The van der Waals surface area contributed by atoms with E-state index in [2.05, 4.69) is 0 Å². The van der Waals surface area contributed by atoms with Crippen molar-refractivity contribution in [2.75, 3.05) is 0 Å². The second kappa shape index (κ2) is 4.71. The first kappa shape index (κ1) is 14.8. The van der Waals surface area contributed by atoms with Gasteiger partial charge >= 0.3 is 124 Å². The minimum absolute atomic E-state index is 0.0239. The monoisotopic (exact) mass is 430 g/mol. The van der Waals surface area contributed by atoms with E-state index in [1.54, 1.807) is 12.1 Å². The molecule has 0 unspecified atom stereocenters. The van der Waals surface area contributed by atoms with Crippen molar-refractivity contribution < 1.29 is 26.1 Å². The molecule has 0 aliphatic carbocycles. The first-order chi connectivity index (χ1) is 9.69. The number of benzene rings is 2. The second-order valence-corrected chi connectivity index (χ2v) is 11.3. The predicted octanol–water partition coefficient (Wildman–Crippen LogP) is 3.12. The van der Waals surface area contributed by atoms with Crippen LogP contribution in [0.4, 0.5) is 13.2 Å². The molecule has 3 aromatic rings. The third-order valence-electron chi connectivity index (χ3n) is 3.09. The molecule has 1 aromatic heterocycles. The molecule has 0 N–H and O–H groups in total. The summed E-state index contributed by atoms with van der Waals surface area (Å²) in [5, 5.41) is 0.864. The molecule has 2 aromatic carbocycles. The summed E-state index contributed by atoms with van der Waals surface area (Å²) >= 11 is -3.94. The molecule has 0 fully saturated rings. The van der Waals surface area contributed by atoms with Gasteiger partial charge in [-0.1, -0.05) is 0 Å². The zero-order valence-corrected chi connectivity index (χ0v) is 13.4. The summed E-state index contributed by atoms with van der Waals surface area (Å²) in [4.78, 5) is -0.607. The van der Waals surface area contributed by atoms with Gasteiger partial charge in [-0.25, -0.2) is 0 Å². The average molecular weight is 428 g/mol. The van der Waals surface area contributed by atoms with Crippen molar-refractivity contribution in [1.29, 1.82) is 0 Å².